The van der Waals surface area contributed by atoms with Crippen LogP contribution in [-0.4, -0.2) is 59.5 Å². The Morgan fingerprint density at radius 2 is 2.29 bits per heavy atom. The fraction of sp³-hybridized carbons (Fsp3) is 0.600. The number of methoxy groups -OCH3 is 1. The zero-order chi connectivity index (χ0) is 12.8. The molecule has 1 heterocycles. The number of amides is 1. The first kappa shape index (κ1) is 13.5. The highest BCUT2D eigenvalue weighted by Gasteiger charge is 2.21. The van der Waals surface area contributed by atoms with Crippen molar-refractivity contribution >= 4 is 11.6 Å². The molecule has 0 unspecified atom stereocenters. The Kier molecular flexibility index (Phi) is 4.92. The molecule has 0 saturated carbocycles. The number of H-pyrrole nitrogens is 1. The molecule has 0 aliphatic carbocycles. The molecular weight excluding hydrogens is 224 g/mol. The van der Waals surface area contributed by atoms with Crippen LogP contribution in [0.25, 0.3) is 0 Å². The molecule has 1 aromatic heterocycles. The molecule has 96 valence electrons. The molecule has 0 bridgehead atoms. The van der Waals surface area contributed by atoms with Crippen LogP contribution in [0.3, 0.4) is 0 Å². The lowest BCUT2D eigenvalue weighted by Crippen LogP contribution is -2.36. The number of nitrogens with one attached hydrogen (secondary N) is 1. The largest absolute Gasteiger partial charge is 0.395 e. The zero-order valence-electron chi connectivity index (χ0n) is 10.1. The van der Waals surface area contributed by atoms with Crippen LogP contribution in [0.5, 0.6) is 0 Å². The maximum atomic E-state index is 12.1. The van der Waals surface area contributed by atoms with E-state index in [4.69, 9.17) is 15.6 Å². The second-order valence-corrected chi connectivity index (χ2v) is 3.62. The molecule has 7 nitrogen and oxygen atoms in total. The van der Waals surface area contributed by atoms with Gasteiger partial charge in [0.1, 0.15) is 0 Å². The van der Waals surface area contributed by atoms with E-state index in [0.29, 0.717) is 24.5 Å². The number of aromatic nitrogens is 2. The van der Waals surface area contributed by atoms with E-state index in [2.05, 4.69) is 10.2 Å². The van der Waals surface area contributed by atoms with Gasteiger partial charge in [0.2, 0.25) is 0 Å². The second-order valence-electron chi connectivity index (χ2n) is 3.62. The van der Waals surface area contributed by atoms with Crippen molar-refractivity contribution in [3.05, 3.63) is 11.4 Å². The Morgan fingerprint density at radius 3 is 2.76 bits per heavy atom. The van der Waals surface area contributed by atoms with Crippen LogP contribution >= 0.6 is 0 Å². The lowest BCUT2D eigenvalue weighted by molar-refractivity contribution is 0.0652. The van der Waals surface area contributed by atoms with Crippen molar-refractivity contribution in [3.8, 4) is 0 Å². The quantitative estimate of drug-likeness (QED) is 0.616. The van der Waals surface area contributed by atoms with E-state index in [9.17, 15) is 4.79 Å². The minimum absolute atomic E-state index is 0.112. The molecule has 17 heavy (non-hydrogen) atoms. The van der Waals surface area contributed by atoms with E-state index in [1.165, 1.54) is 4.90 Å². The number of rotatable bonds is 6. The van der Waals surface area contributed by atoms with Crippen LogP contribution in [0.15, 0.2) is 0 Å². The fourth-order valence-electron chi connectivity index (χ4n) is 1.39. The predicted molar refractivity (Wildman–Crippen MR) is 62.6 cm³/mol. The van der Waals surface area contributed by atoms with Gasteiger partial charge in [-0.3, -0.25) is 9.89 Å². The molecule has 1 amide bonds. The van der Waals surface area contributed by atoms with Crippen LogP contribution in [0.1, 0.15) is 16.2 Å². The Hall–Kier alpha value is -1.60. The van der Waals surface area contributed by atoms with E-state index in [0.717, 1.165) is 0 Å². The average Bonchev–Trinajstić information content (AvgIpc) is 2.65. The first-order valence-corrected chi connectivity index (χ1v) is 5.31. The number of carbonyl (C=O) groups is 1. The lowest BCUT2D eigenvalue weighted by atomic mass is 10.2. The number of aryl methyl sites for hydroxylation is 1. The molecule has 7 heteroatoms. The molecule has 1 aromatic rings. The van der Waals surface area contributed by atoms with Gasteiger partial charge in [-0.25, -0.2) is 0 Å². The highest BCUT2D eigenvalue weighted by atomic mass is 16.5. The maximum absolute atomic E-state index is 12.1. The van der Waals surface area contributed by atoms with Crippen LogP contribution in [-0.2, 0) is 4.74 Å². The van der Waals surface area contributed by atoms with Gasteiger partial charge in [-0.1, -0.05) is 0 Å². The molecule has 0 fully saturated rings. The molecule has 4 N–H and O–H groups in total. The molecule has 0 saturated heterocycles. The third-order valence-corrected chi connectivity index (χ3v) is 2.42. The number of hydrogen-bond donors (Lipinski definition) is 3. The van der Waals surface area contributed by atoms with Gasteiger partial charge in [0.25, 0.3) is 5.91 Å². The van der Waals surface area contributed by atoms with E-state index < -0.39 is 0 Å². The monoisotopic (exact) mass is 242 g/mol. The Balaban J connectivity index is 2.80. The number of anilines is 1. The van der Waals surface area contributed by atoms with E-state index in [1.807, 2.05) is 0 Å². The summed E-state index contributed by atoms with van der Waals surface area (Å²) in [5, 5.41) is 15.4. The summed E-state index contributed by atoms with van der Waals surface area (Å²) in [4.78, 5) is 13.5. The van der Waals surface area contributed by atoms with E-state index in [-0.39, 0.29) is 24.8 Å². The van der Waals surface area contributed by atoms with Crippen LogP contribution in [0.2, 0.25) is 0 Å². The summed E-state index contributed by atoms with van der Waals surface area (Å²) in [7, 11) is 1.55. The number of carbonyl (C=O) groups excluding carboxylic acids is 1. The standard InChI is InChI=1S/C10H18N4O3/c1-7-8(11)9(13-12-7)10(16)14(3-5-15)4-6-17-2/h15H,3-6,11H2,1-2H3,(H,12,13). The number of nitrogen functional groups attached to an aromatic ring is 1. The van der Waals surface area contributed by atoms with Crippen LogP contribution in [0.4, 0.5) is 5.69 Å². The van der Waals surface area contributed by atoms with Crippen molar-refractivity contribution in [3.63, 3.8) is 0 Å². The minimum atomic E-state index is -0.307. The first-order chi connectivity index (χ1) is 8.11. The van der Waals surface area contributed by atoms with Gasteiger partial charge in [0.05, 0.1) is 24.6 Å². The normalized spacial score (nSPS) is 10.5. The van der Waals surface area contributed by atoms with Crippen molar-refractivity contribution in [1.29, 1.82) is 0 Å². The summed E-state index contributed by atoms with van der Waals surface area (Å²) in [6.07, 6.45) is 0. The summed E-state index contributed by atoms with van der Waals surface area (Å²) in [5.41, 5.74) is 6.92. The molecule has 0 radical (unpaired) electrons. The molecule has 0 spiro atoms. The number of nitrogens with zero attached hydrogens (tertiary/aromatic N) is 2. The predicted octanol–water partition coefficient (Wildman–Crippen LogP) is -0.619. The molecule has 0 aliphatic heterocycles. The summed E-state index contributed by atoms with van der Waals surface area (Å²) < 4.78 is 4.91. The first-order valence-electron chi connectivity index (χ1n) is 5.31. The van der Waals surface area contributed by atoms with Crippen molar-refractivity contribution in [2.24, 2.45) is 0 Å². The number of aliphatic hydroxyl groups excluding tert-OH is 1. The summed E-state index contributed by atoms with van der Waals surface area (Å²) in [6.45, 7) is 2.65. The van der Waals surface area contributed by atoms with E-state index >= 15 is 0 Å². The van der Waals surface area contributed by atoms with Gasteiger partial charge in [0.15, 0.2) is 5.69 Å². The molecule has 1 rings (SSSR count). The summed E-state index contributed by atoms with van der Waals surface area (Å²) in [6, 6.07) is 0. The average molecular weight is 242 g/mol. The van der Waals surface area contributed by atoms with Gasteiger partial charge < -0.3 is 20.5 Å². The molecule has 0 aliphatic rings. The van der Waals surface area contributed by atoms with Crippen molar-refractivity contribution < 1.29 is 14.6 Å². The fourth-order valence-corrected chi connectivity index (χ4v) is 1.39. The smallest absolute Gasteiger partial charge is 0.276 e. The van der Waals surface area contributed by atoms with Crippen LogP contribution < -0.4 is 5.73 Å². The van der Waals surface area contributed by atoms with Gasteiger partial charge in [0, 0.05) is 20.2 Å². The zero-order valence-corrected chi connectivity index (χ0v) is 10.1. The SMILES string of the molecule is COCCN(CCO)C(=O)c1n[nH]c(C)c1N. The number of nitrogens with two attached hydrogens (primary N) is 1. The second kappa shape index (κ2) is 6.21. The molecular formula is C10H18N4O3. The topological polar surface area (TPSA) is 104 Å². The van der Waals surface area contributed by atoms with Crippen molar-refractivity contribution in [2.75, 3.05) is 39.1 Å². The Labute approximate surface area is 99.6 Å². The van der Waals surface area contributed by atoms with Crippen LogP contribution in [0, 0.1) is 6.92 Å². The van der Waals surface area contributed by atoms with Gasteiger partial charge in [-0.05, 0) is 6.92 Å². The lowest BCUT2D eigenvalue weighted by Gasteiger charge is -2.20. The third-order valence-electron chi connectivity index (χ3n) is 2.42. The number of aliphatic hydroxyl groups is 1. The molecule has 0 aromatic carbocycles. The summed E-state index contributed by atoms with van der Waals surface area (Å²) in [5.74, 6) is -0.307. The van der Waals surface area contributed by atoms with E-state index in [1.54, 1.807) is 14.0 Å². The summed E-state index contributed by atoms with van der Waals surface area (Å²) >= 11 is 0. The minimum Gasteiger partial charge on any atom is -0.395 e. The highest BCUT2D eigenvalue weighted by molar-refractivity contribution is 5.97. The highest BCUT2D eigenvalue weighted by Crippen LogP contribution is 2.14. The number of hydrogen-bond acceptors (Lipinski definition) is 5. The number of ether oxygens (including phenoxy) is 1. The third kappa shape index (κ3) is 3.18. The van der Waals surface area contributed by atoms with Gasteiger partial charge in [-0.15, -0.1) is 0 Å². The van der Waals surface area contributed by atoms with Gasteiger partial charge in [-0.2, -0.15) is 5.10 Å². The Morgan fingerprint density at radius 1 is 1.59 bits per heavy atom. The van der Waals surface area contributed by atoms with Crippen molar-refractivity contribution in [1.82, 2.24) is 15.1 Å². The van der Waals surface area contributed by atoms with Gasteiger partial charge >= 0.3 is 0 Å². The Bertz CT molecular complexity index is 378. The molecule has 0 atom stereocenters. The number of aromatic amines is 1. The van der Waals surface area contributed by atoms with Crippen molar-refractivity contribution in [2.45, 2.75) is 6.92 Å². The maximum Gasteiger partial charge on any atom is 0.276 e.